The molecule has 1 atom stereocenters. The molecule has 0 fully saturated rings. The first-order valence-electron chi connectivity index (χ1n) is 3.75. The molecule has 11 heavy (non-hydrogen) atoms. The first-order chi connectivity index (χ1) is 5.16. The number of aliphatic hydroxyl groups is 1. The van der Waals surface area contributed by atoms with Crippen molar-refractivity contribution in [1.29, 1.82) is 0 Å². The fourth-order valence-electron chi connectivity index (χ4n) is 1.07. The summed E-state index contributed by atoms with van der Waals surface area (Å²) >= 11 is 0. The second kappa shape index (κ2) is 3.05. The fourth-order valence-corrected chi connectivity index (χ4v) is 1.07. The van der Waals surface area contributed by atoms with E-state index in [0.717, 1.165) is 12.8 Å². The molecule has 0 saturated carbocycles. The van der Waals surface area contributed by atoms with Gasteiger partial charge in [-0.3, -0.25) is 4.79 Å². The third-order valence-corrected chi connectivity index (χ3v) is 1.74. The van der Waals surface area contributed by atoms with Gasteiger partial charge < -0.3 is 9.84 Å². The quantitative estimate of drug-likeness (QED) is 0.648. The molecule has 1 aliphatic heterocycles. The fraction of sp³-hybridized carbons (Fsp3) is 0.625. The van der Waals surface area contributed by atoms with Crippen LogP contribution in [0.15, 0.2) is 11.3 Å². The van der Waals surface area contributed by atoms with Gasteiger partial charge in [0, 0.05) is 12.0 Å². The molecular weight excluding hydrogens is 144 g/mol. The summed E-state index contributed by atoms with van der Waals surface area (Å²) < 4.78 is 4.91. The number of rotatable bonds is 2. The predicted molar refractivity (Wildman–Crippen MR) is 39.7 cm³/mol. The predicted octanol–water partition coefficient (Wildman–Crippen LogP) is 0.978. The van der Waals surface area contributed by atoms with E-state index in [1.165, 1.54) is 0 Å². The summed E-state index contributed by atoms with van der Waals surface area (Å²) in [5.41, 5.74) is 0.569. The van der Waals surface area contributed by atoms with Crippen molar-refractivity contribution in [3.8, 4) is 0 Å². The van der Waals surface area contributed by atoms with Crippen molar-refractivity contribution in [2.75, 3.05) is 0 Å². The molecule has 0 spiro atoms. The summed E-state index contributed by atoms with van der Waals surface area (Å²) in [5.74, 6) is 0.346. The molecule has 0 aromatic heterocycles. The Morgan fingerprint density at radius 3 is 2.64 bits per heavy atom. The van der Waals surface area contributed by atoms with E-state index in [-0.39, 0.29) is 5.78 Å². The van der Waals surface area contributed by atoms with E-state index in [2.05, 4.69) is 0 Å². The second-order valence-electron chi connectivity index (χ2n) is 2.63. The van der Waals surface area contributed by atoms with Gasteiger partial charge in [-0.05, 0) is 13.3 Å². The van der Waals surface area contributed by atoms with Crippen LogP contribution in [0.2, 0.25) is 0 Å². The molecule has 3 nitrogen and oxygen atoms in total. The van der Waals surface area contributed by atoms with Crippen LogP contribution in [0.5, 0.6) is 0 Å². The van der Waals surface area contributed by atoms with Crippen LogP contribution in [0, 0.1) is 0 Å². The minimum Gasteiger partial charge on any atom is -0.461 e. The highest BCUT2D eigenvalue weighted by Gasteiger charge is 2.29. The number of hydrogen-bond donors (Lipinski definition) is 1. The number of carbonyl (C=O) groups is 1. The van der Waals surface area contributed by atoms with Crippen LogP contribution in [0.25, 0.3) is 0 Å². The Morgan fingerprint density at radius 2 is 2.27 bits per heavy atom. The van der Waals surface area contributed by atoms with Gasteiger partial charge in [0.15, 0.2) is 0 Å². The summed E-state index contributed by atoms with van der Waals surface area (Å²) in [6.07, 6.45) is 0.415. The maximum Gasteiger partial charge on any atom is 0.261 e. The number of aliphatic hydroxyl groups excluding tert-OH is 1. The van der Waals surface area contributed by atoms with Gasteiger partial charge in [0.05, 0.1) is 0 Å². The van der Waals surface area contributed by atoms with Gasteiger partial charge in [-0.2, -0.15) is 0 Å². The number of hydrogen-bond acceptors (Lipinski definition) is 3. The van der Waals surface area contributed by atoms with E-state index in [1.807, 2.05) is 6.92 Å². The zero-order valence-electron chi connectivity index (χ0n) is 6.76. The second-order valence-corrected chi connectivity index (χ2v) is 2.63. The van der Waals surface area contributed by atoms with Gasteiger partial charge >= 0.3 is 0 Å². The lowest BCUT2D eigenvalue weighted by atomic mass is 10.1. The monoisotopic (exact) mass is 156 g/mol. The van der Waals surface area contributed by atoms with Crippen LogP contribution in [-0.4, -0.2) is 17.2 Å². The highest BCUT2D eigenvalue weighted by Crippen LogP contribution is 2.23. The molecule has 1 rings (SSSR count). The van der Waals surface area contributed by atoms with Crippen LogP contribution in [-0.2, 0) is 9.53 Å². The summed E-state index contributed by atoms with van der Waals surface area (Å²) in [7, 11) is 0. The van der Waals surface area contributed by atoms with Crippen molar-refractivity contribution in [2.24, 2.45) is 0 Å². The molecule has 1 N–H and O–H groups in total. The Morgan fingerprint density at radius 1 is 1.64 bits per heavy atom. The van der Waals surface area contributed by atoms with Crippen molar-refractivity contribution < 1.29 is 14.6 Å². The third-order valence-electron chi connectivity index (χ3n) is 1.74. The van der Waals surface area contributed by atoms with E-state index in [9.17, 15) is 4.79 Å². The summed E-state index contributed by atoms with van der Waals surface area (Å²) in [4.78, 5) is 11.0. The van der Waals surface area contributed by atoms with Gasteiger partial charge in [0.2, 0.25) is 5.78 Å². The van der Waals surface area contributed by atoms with E-state index in [0.29, 0.717) is 11.3 Å². The summed E-state index contributed by atoms with van der Waals surface area (Å²) in [5, 5.41) is 8.95. The Bertz CT molecular complexity index is 205. The molecule has 0 bridgehead atoms. The lowest BCUT2D eigenvalue weighted by Crippen LogP contribution is -2.15. The molecule has 1 heterocycles. The zero-order valence-corrected chi connectivity index (χ0v) is 6.76. The Labute approximate surface area is 65.7 Å². The highest BCUT2D eigenvalue weighted by molar-refractivity contribution is 5.99. The van der Waals surface area contributed by atoms with Gasteiger partial charge in [-0.25, -0.2) is 0 Å². The van der Waals surface area contributed by atoms with Crippen LogP contribution in [0.3, 0.4) is 0 Å². The zero-order chi connectivity index (χ0) is 8.43. The number of Topliss-reactive ketones (excluding diaryl/α,β-unsaturated/α-hetero) is 1. The standard InChI is InChI=1S/C8H12O3/c1-3-4-6-5(2)7(9)8(10)11-6/h8,10H,3-4H2,1-2H3/t8-/m0/s1. The smallest absolute Gasteiger partial charge is 0.261 e. The highest BCUT2D eigenvalue weighted by atomic mass is 16.6. The van der Waals surface area contributed by atoms with Gasteiger partial charge in [0.25, 0.3) is 6.29 Å². The van der Waals surface area contributed by atoms with Crippen LogP contribution < -0.4 is 0 Å². The normalized spacial score (nSPS) is 24.3. The number of allylic oxidation sites excluding steroid dienone is 1. The maximum absolute atomic E-state index is 11.0. The lowest BCUT2D eigenvalue weighted by Gasteiger charge is -2.03. The average Bonchev–Trinajstić information content (AvgIpc) is 2.19. The molecule has 0 radical (unpaired) electrons. The summed E-state index contributed by atoms with van der Waals surface area (Å²) in [6.45, 7) is 3.68. The van der Waals surface area contributed by atoms with E-state index >= 15 is 0 Å². The first kappa shape index (κ1) is 8.27. The molecule has 1 aliphatic rings. The Hall–Kier alpha value is -0.830. The van der Waals surface area contributed by atoms with Crippen molar-refractivity contribution in [3.05, 3.63) is 11.3 Å². The van der Waals surface area contributed by atoms with Crippen molar-refractivity contribution in [2.45, 2.75) is 33.0 Å². The van der Waals surface area contributed by atoms with E-state index in [4.69, 9.17) is 9.84 Å². The van der Waals surface area contributed by atoms with E-state index in [1.54, 1.807) is 6.92 Å². The van der Waals surface area contributed by atoms with Gasteiger partial charge in [-0.1, -0.05) is 6.92 Å². The van der Waals surface area contributed by atoms with Crippen LogP contribution >= 0.6 is 0 Å². The molecule has 3 heteroatoms. The van der Waals surface area contributed by atoms with E-state index < -0.39 is 6.29 Å². The minimum atomic E-state index is -1.24. The van der Waals surface area contributed by atoms with Crippen LogP contribution in [0.4, 0.5) is 0 Å². The summed E-state index contributed by atoms with van der Waals surface area (Å²) in [6, 6.07) is 0. The van der Waals surface area contributed by atoms with Crippen LogP contribution in [0.1, 0.15) is 26.7 Å². The maximum atomic E-state index is 11.0. The number of carbonyl (C=O) groups excluding carboxylic acids is 1. The molecule has 0 aromatic rings. The molecular formula is C8H12O3. The molecule has 62 valence electrons. The minimum absolute atomic E-state index is 0.298. The Balaban J connectivity index is 2.72. The average molecular weight is 156 g/mol. The number of ketones is 1. The lowest BCUT2D eigenvalue weighted by molar-refractivity contribution is -0.138. The molecule has 0 amide bonds. The molecule has 0 aromatic carbocycles. The van der Waals surface area contributed by atoms with Gasteiger partial charge in [-0.15, -0.1) is 0 Å². The van der Waals surface area contributed by atoms with Crippen molar-refractivity contribution in [1.82, 2.24) is 0 Å². The molecule has 0 saturated heterocycles. The van der Waals surface area contributed by atoms with Crippen molar-refractivity contribution in [3.63, 3.8) is 0 Å². The SMILES string of the molecule is CCCC1=C(C)C(=O)[C@@H](O)O1. The van der Waals surface area contributed by atoms with Crippen molar-refractivity contribution >= 4 is 5.78 Å². The number of ether oxygens (including phenoxy) is 1. The molecule has 0 unspecified atom stereocenters. The largest absolute Gasteiger partial charge is 0.461 e. The van der Waals surface area contributed by atoms with Gasteiger partial charge in [0.1, 0.15) is 5.76 Å². The Kier molecular flexibility index (Phi) is 2.29. The topological polar surface area (TPSA) is 46.5 Å². The first-order valence-corrected chi connectivity index (χ1v) is 3.75. The molecule has 0 aliphatic carbocycles. The third kappa shape index (κ3) is 1.43.